The zero-order valence-electron chi connectivity index (χ0n) is 13.2. The van der Waals surface area contributed by atoms with Gasteiger partial charge >= 0.3 is 5.97 Å². The Kier molecular flexibility index (Phi) is 4.98. The largest absolute Gasteiger partial charge is 0.507 e. The number of carbonyl (C=O) groups excluding carboxylic acids is 1. The van der Waals surface area contributed by atoms with E-state index in [2.05, 4.69) is 40.7 Å². The Morgan fingerprint density at radius 3 is 2.35 bits per heavy atom. The number of hydrogen-bond acceptors (Lipinski definition) is 3. The van der Waals surface area contributed by atoms with Crippen LogP contribution in [0.15, 0.2) is 29.8 Å². The van der Waals surface area contributed by atoms with Gasteiger partial charge in [0.1, 0.15) is 11.3 Å². The van der Waals surface area contributed by atoms with E-state index in [9.17, 15) is 9.90 Å². The Hall–Kier alpha value is -1.77. The van der Waals surface area contributed by atoms with Crippen LogP contribution in [0.4, 0.5) is 0 Å². The number of carbonyl (C=O) groups is 1. The highest BCUT2D eigenvalue weighted by Crippen LogP contribution is 2.38. The number of allylic oxidation sites excluding steroid dienone is 2. The van der Waals surface area contributed by atoms with Crippen LogP contribution in [0.2, 0.25) is 0 Å². The second kappa shape index (κ2) is 6.12. The first-order valence-corrected chi connectivity index (χ1v) is 6.73. The number of benzene rings is 1. The third-order valence-corrected chi connectivity index (χ3v) is 3.22. The first-order chi connectivity index (χ1) is 9.16. The summed E-state index contributed by atoms with van der Waals surface area (Å²) in [5, 5.41) is 9.79. The predicted molar refractivity (Wildman–Crippen MR) is 81.1 cm³/mol. The molecule has 0 saturated heterocycles. The Morgan fingerprint density at radius 2 is 1.90 bits per heavy atom. The summed E-state index contributed by atoms with van der Waals surface area (Å²) < 4.78 is 4.70. The van der Waals surface area contributed by atoms with E-state index in [1.807, 2.05) is 6.07 Å². The highest BCUT2D eigenvalue weighted by atomic mass is 16.5. The molecule has 0 aliphatic rings. The molecule has 0 spiro atoms. The number of phenolic OH excluding ortho intramolecular Hbond substituents is 1. The van der Waals surface area contributed by atoms with E-state index < -0.39 is 5.97 Å². The molecule has 0 amide bonds. The van der Waals surface area contributed by atoms with Crippen molar-refractivity contribution < 1.29 is 14.6 Å². The molecule has 110 valence electrons. The van der Waals surface area contributed by atoms with Crippen LogP contribution in [0.5, 0.6) is 5.75 Å². The lowest BCUT2D eigenvalue weighted by molar-refractivity contribution is 0.0597. The van der Waals surface area contributed by atoms with Crippen molar-refractivity contribution in [2.45, 2.75) is 40.5 Å². The van der Waals surface area contributed by atoms with Gasteiger partial charge in [0.15, 0.2) is 0 Å². The molecule has 0 aliphatic heterocycles. The third kappa shape index (κ3) is 3.86. The van der Waals surface area contributed by atoms with Gasteiger partial charge in [-0.1, -0.05) is 38.5 Å². The standard InChI is InChI=1S/C17H24O3/c1-11(2)9-14(17(3,4)5)12-7-8-15(18)13(10-12)16(19)20-6/h7-10,14,18H,1-6H3. The lowest BCUT2D eigenvalue weighted by atomic mass is 9.75. The second-order valence-corrected chi connectivity index (χ2v) is 6.36. The Morgan fingerprint density at radius 1 is 1.30 bits per heavy atom. The Balaban J connectivity index is 3.36. The van der Waals surface area contributed by atoms with E-state index in [-0.39, 0.29) is 22.6 Å². The summed E-state index contributed by atoms with van der Waals surface area (Å²) in [7, 11) is 1.31. The molecule has 0 fully saturated rings. The van der Waals surface area contributed by atoms with Crippen LogP contribution in [0.3, 0.4) is 0 Å². The summed E-state index contributed by atoms with van der Waals surface area (Å²) in [4.78, 5) is 11.7. The molecular weight excluding hydrogens is 252 g/mol. The maximum Gasteiger partial charge on any atom is 0.341 e. The number of ether oxygens (including phenoxy) is 1. The summed E-state index contributed by atoms with van der Waals surface area (Å²) in [5.41, 5.74) is 2.44. The van der Waals surface area contributed by atoms with Gasteiger partial charge in [-0.2, -0.15) is 0 Å². The summed E-state index contributed by atoms with van der Waals surface area (Å²) in [6, 6.07) is 5.13. The van der Waals surface area contributed by atoms with Gasteiger partial charge in [0.05, 0.1) is 7.11 Å². The number of methoxy groups -OCH3 is 1. The molecular formula is C17H24O3. The van der Waals surface area contributed by atoms with Crippen molar-refractivity contribution in [3.05, 3.63) is 41.0 Å². The maximum absolute atomic E-state index is 11.7. The lowest BCUT2D eigenvalue weighted by Gasteiger charge is -2.29. The van der Waals surface area contributed by atoms with Crippen molar-refractivity contribution in [1.29, 1.82) is 0 Å². The fraction of sp³-hybridized carbons (Fsp3) is 0.471. The van der Waals surface area contributed by atoms with Crippen molar-refractivity contribution >= 4 is 5.97 Å². The predicted octanol–water partition coefficient (Wildman–Crippen LogP) is 4.27. The molecule has 20 heavy (non-hydrogen) atoms. The van der Waals surface area contributed by atoms with Crippen LogP contribution in [-0.2, 0) is 4.74 Å². The lowest BCUT2D eigenvalue weighted by Crippen LogP contribution is -2.17. The van der Waals surface area contributed by atoms with Gasteiger partial charge in [-0.25, -0.2) is 4.79 Å². The van der Waals surface area contributed by atoms with Gasteiger partial charge in [-0.3, -0.25) is 0 Å². The molecule has 3 heteroatoms. The van der Waals surface area contributed by atoms with Crippen molar-refractivity contribution in [3.63, 3.8) is 0 Å². The smallest absolute Gasteiger partial charge is 0.341 e. The van der Waals surface area contributed by atoms with Gasteiger partial charge < -0.3 is 9.84 Å². The van der Waals surface area contributed by atoms with Gasteiger partial charge in [0, 0.05) is 5.92 Å². The van der Waals surface area contributed by atoms with E-state index in [4.69, 9.17) is 4.74 Å². The summed E-state index contributed by atoms with van der Waals surface area (Å²) >= 11 is 0. The minimum atomic E-state index is -0.519. The first-order valence-electron chi connectivity index (χ1n) is 6.73. The molecule has 0 saturated carbocycles. The highest BCUT2D eigenvalue weighted by molar-refractivity contribution is 5.92. The quantitative estimate of drug-likeness (QED) is 0.662. The van der Waals surface area contributed by atoms with Crippen molar-refractivity contribution in [2.75, 3.05) is 7.11 Å². The van der Waals surface area contributed by atoms with Crippen LogP contribution < -0.4 is 0 Å². The van der Waals surface area contributed by atoms with Crippen LogP contribution in [-0.4, -0.2) is 18.2 Å². The molecule has 0 radical (unpaired) electrons. The number of phenols is 1. The van der Waals surface area contributed by atoms with Crippen molar-refractivity contribution in [3.8, 4) is 5.75 Å². The van der Waals surface area contributed by atoms with Crippen molar-refractivity contribution in [2.24, 2.45) is 5.41 Å². The fourth-order valence-electron chi connectivity index (χ4n) is 2.20. The highest BCUT2D eigenvalue weighted by Gasteiger charge is 2.25. The van der Waals surface area contributed by atoms with Gasteiger partial charge in [0.25, 0.3) is 0 Å². The number of rotatable bonds is 3. The Labute approximate surface area is 121 Å². The topological polar surface area (TPSA) is 46.5 Å². The maximum atomic E-state index is 11.7. The minimum absolute atomic E-state index is 0.0155. The minimum Gasteiger partial charge on any atom is -0.507 e. The van der Waals surface area contributed by atoms with E-state index in [1.54, 1.807) is 12.1 Å². The zero-order chi connectivity index (χ0) is 15.5. The molecule has 0 heterocycles. The zero-order valence-corrected chi connectivity index (χ0v) is 13.2. The van der Waals surface area contributed by atoms with Crippen LogP contribution in [0.25, 0.3) is 0 Å². The summed E-state index contributed by atoms with van der Waals surface area (Å²) in [6.07, 6.45) is 2.19. The average Bonchev–Trinajstić information content (AvgIpc) is 2.34. The van der Waals surface area contributed by atoms with Crippen molar-refractivity contribution in [1.82, 2.24) is 0 Å². The molecule has 1 aromatic carbocycles. The van der Waals surface area contributed by atoms with Gasteiger partial charge in [0.2, 0.25) is 0 Å². The number of aromatic hydroxyl groups is 1. The molecule has 1 rings (SSSR count). The van der Waals surface area contributed by atoms with Gasteiger partial charge in [-0.15, -0.1) is 0 Å². The molecule has 3 nitrogen and oxygen atoms in total. The third-order valence-electron chi connectivity index (χ3n) is 3.22. The second-order valence-electron chi connectivity index (χ2n) is 6.36. The van der Waals surface area contributed by atoms with E-state index in [1.165, 1.54) is 12.7 Å². The SMILES string of the molecule is COC(=O)c1cc(C(C=C(C)C)C(C)(C)C)ccc1O. The molecule has 1 unspecified atom stereocenters. The van der Waals surface area contributed by atoms with E-state index in [0.29, 0.717) is 0 Å². The Bertz CT molecular complexity index is 518. The monoisotopic (exact) mass is 276 g/mol. The summed E-state index contributed by atoms with van der Waals surface area (Å²) in [6.45, 7) is 10.6. The molecule has 1 atom stereocenters. The number of esters is 1. The first kappa shape index (κ1) is 16.3. The van der Waals surface area contributed by atoms with Gasteiger partial charge in [-0.05, 0) is 37.0 Å². The fourth-order valence-corrected chi connectivity index (χ4v) is 2.20. The average molecular weight is 276 g/mol. The normalized spacial score (nSPS) is 12.7. The van der Waals surface area contributed by atoms with Crippen LogP contribution in [0, 0.1) is 5.41 Å². The molecule has 0 aromatic heterocycles. The summed E-state index contributed by atoms with van der Waals surface area (Å²) in [5.74, 6) is -0.406. The molecule has 1 N–H and O–H groups in total. The molecule has 1 aromatic rings. The molecule has 0 bridgehead atoms. The number of hydrogen-bond donors (Lipinski definition) is 1. The van der Waals surface area contributed by atoms with E-state index in [0.717, 1.165) is 5.56 Å². The van der Waals surface area contributed by atoms with Crippen LogP contribution in [0.1, 0.15) is 56.5 Å². The van der Waals surface area contributed by atoms with E-state index >= 15 is 0 Å². The van der Waals surface area contributed by atoms with Crippen LogP contribution >= 0.6 is 0 Å². The molecule has 0 aliphatic carbocycles.